The molecule has 0 aromatic rings. The third-order valence-corrected chi connectivity index (χ3v) is 16.4. The van der Waals surface area contributed by atoms with Crippen LogP contribution in [-0.4, -0.2) is 69.4 Å². The number of allylic oxidation sites excluding steroid dienone is 17. The summed E-state index contributed by atoms with van der Waals surface area (Å²) in [4.78, 5) is 40.2. The number of carbonyl (C=O) groups excluding carboxylic acids is 2. The molecule has 0 rings (SSSR count). The number of carbonyl (C=O) groups is 2. The van der Waals surface area contributed by atoms with Crippen LogP contribution in [0.2, 0.25) is 0 Å². The van der Waals surface area contributed by atoms with Gasteiger partial charge in [-0.05, 0) is 115 Å². The minimum Gasteiger partial charge on any atom is -0.756 e. The summed E-state index contributed by atoms with van der Waals surface area (Å²) in [5.74, 6) is -0.551. The highest BCUT2D eigenvalue weighted by Gasteiger charge is 2.27. The van der Waals surface area contributed by atoms with Crippen molar-refractivity contribution in [1.82, 2.24) is 5.32 Å². The molecule has 0 aliphatic rings. The number of unbranched alkanes of at least 4 members (excludes halogenated alkanes) is 32. The van der Waals surface area contributed by atoms with E-state index in [1.54, 1.807) is 0 Å². The number of hydrogen-bond donors (Lipinski definition) is 1. The first-order valence-electron chi connectivity index (χ1n) is 35.7. The monoisotopic (exact) mass is 1220 g/mol. The summed E-state index contributed by atoms with van der Waals surface area (Å²) < 4.78 is 30.4. The summed E-state index contributed by atoms with van der Waals surface area (Å²) in [6, 6.07) is -0.900. The van der Waals surface area contributed by atoms with E-state index >= 15 is 0 Å². The van der Waals surface area contributed by atoms with E-state index in [0.717, 1.165) is 122 Å². The number of amides is 1. The second-order valence-corrected chi connectivity index (χ2v) is 26.4. The van der Waals surface area contributed by atoms with Gasteiger partial charge in [0.2, 0.25) is 5.91 Å². The van der Waals surface area contributed by atoms with Crippen LogP contribution in [0.1, 0.15) is 310 Å². The van der Waals surface area contributed by atoms with E-state index in [1.165, 1.54) is 154 Å². The third-order valence-electron chi connectivity index (χ3n) is 15.4. The maximum Gasteiger partial charge on any atom is 0.306 e. The van der Waals surface area contributed by atoms with Crippen molar-refractivity contribution < 1.29 is 37.3 Å². The zero-order valence-electron chi connectivity index (χ0n) is 56.7. The molecular formula is C76H135N2O7P. The number of quaternary nitrogens is 1. The number of ether oxygens (including phenoxy) is 1. The standard InChI is InChI=1S/C76H135N2O7P/c1-7-10-13-16-19-22-25-28-30-32-34-36-37-38-39-40-41-43-45-47-49-51-54-57-60-63-66-69-76(80)85-74(67-64-61-58-55-52-27-24-21-18-15-12-9-3)73(72-84-86(81,82)83-71-70-78(4,5)6)77-75(79)68-65-62-59-56-53-50-48-46-44-42-35-33-31-29-26-23-20-17-14-11-8-2/h10,13,19-20,22-23,28-31,34,36,38-39,41,43,64,67,73-74H,7-9,11-12,14-18,21,24-27,32-33,35,37,40,42,44-63,65-66,68-72H2,1-6H3,(H-,77,79,81,82)/b13-10-,22-19-,23-20-,30-28-,31-29-,36-34-,39-38-,43-41-,67-64-. The van der Waals surface area contributed by atoms with Gasteiger partial charge in [0.05, 0.1) is 33.8 Å². The van der Waals surface area contributed by atoms with Crippen LogP contribution in [0.4, 0.5) is 0 Å². The van der Waals surface area contributed by atoms with Crippen molar-refractivity contribution in [1.29, 1.82) is 0 Å². The van der Waals surface area contributed by atoms with Crippen molar-refractivity contribution in [3.63, 3.8) is 0 Å². The second kappa shape index (κ2) is 64.6. The SMILES string of the molecule is CC/C=C\C/C=C\C/C=C\C/C=C\C/C=C\C/C=C\CCCCCCCCCCC(=O)OC(/C=C\CCCCCCCCCCCC)C(COP(=O)([O-])OCC[N+](C)(C)C)NC(=O)CCCCCCCCCCCCC/C=C\C/C=C\CCCCC. The van der Waals surface area contributed by atoms with Gasteiger partial charge >= 0.3 is 5.97 Å². The molecule has 10 heteroatoms. The molecule has 0 fully saturated rings. The molecule has 0 spiro atoms. The van der Waals surface area contributed by atoms with Gasteiger partial charge in [0, 0.05) is 12.8 Å². The van der Waals surface area contributed by atoms with Crippen LogP contribution in [0.5, 0.6) is 0 Å². The maximum atomic E-state index is 13.6. The lowest BCUT2D eigenvalue weighted by Gasteiger charge is -2.30. The number of rotatable bonds is 64. The first-order valence-corrected chi connectivity index (χ1v) is 37.2. The van der Waals surface area contributed by atoms with Gasteiger partial charge in [0.25, 0.3) is 7.82 Å². The Morgan fingerprint density at radius 1 is 0.419 bits per heavy atom. The molecule has 1 amide bonds. The quantitative estimate of drug-likeness (QED) is 0.0212. The number of esters is 1. The fraction of sp³-hybridized carbons (Fsp3) is 0.737. The molecule has 0 aliphatic heterocycles. The zero-order chi connectivity index (χ0) is 62.8. The Balaban J connectivity index is 5.09. The van der Waals surface area contributed by atoms with E-state index in [9.17, 15) is 19.0 Å². The molecule has 0 saturated heterocycles. The van der Waals surface area contributed by atoms with Gasteiger partial charge in [-0.3, -0.25) is 14.2 Å². The van der Waals surface area contributed by atoms with Crippen molar-refractivity contribution in [3.05, 3.63) is 109 Å². The van der Waals surface area contributed by atoms with Crippen molar-refractivity contribution in [2.45, 2.75) is 322 Å². The van der Waals surface area contributed by atoms with Crippen LogP contribution in [0.15, 0.2) is 109 Å². The van der Waals surface area contributed by atoms with E-state index in [-0.39, 0.29) is 24.9 Å². The summed E-state index contributed by atoms with van der Waals surface area (Å²) >= 11 is 0. The Hall–Kier alpha value is -3.33. The van der Waals surface area contributed by atoms with Crippen LogP contribution in [0, 0.1) is 0 Å². The molecule has 0 saturated carbocycles. The third kappa shape index (κ3) is 65.1. The van der Waals surface area contributed by atoms with Crippen LogP contribution < -0.4 is 10.2 Å². The van der Waals surface area contributed by atoms with Crippen LogP contribution in [-0.2, 0) is 27.9 Å². The van der Waals surface area contributed by atoms with Crippen molar-refractivity contribution in [2.75, 3.05) is 40.9 Å². The predicted octanol–water partition coefficient (Wildman–Crippen LogP) is 22.2. The largest absolute Gasteiger partial charge is 0.756 e. The molecule has 0 aliphatic carbocycles. The smallest absolute Gasteiger partial charge is 0.306 e. The molecule has 0 radical (unpaired) electrons. The molecule has 0 heterocycles. The lowest BCUT2D eigenvalue weighted by Crippen LogP contribution is -2.47. The molecular weight excluding hydrogens is 1080 g/mol. The molecule has 1 N–H and O–H groups in total. The highest BCUT2D eigenvalue weighted by atomic mass is 31.2. The fourth-order valence-corrected chi connectivity index (χ4v) is 10.7. The molecule has 0 aromatic carbocycles. The van der Waals surface area contributed by atoms with E-state index in [4.69, 9.17) is 13.8 Å². The lowest BCUT2D eigenvalue weighted by atomic mass is 10.0. The Morgan fingerprint density at radius 2 is 0.744 bits per heavy atom. The minimum atomic E-state index is -4.71. The summed E-state index contributed by atoms with van der Waals surface area (Å²) in [5.41, 5.74) is 0. The Kier molecular flexibility index (Phi) is 62.1. The average Bonchev–Trinajstić information content (AvgIpc) is 3.65. The van der Waals surface area contributed by atoms with E-state index < -0.39 is 26.6 Å². The number of nitrogens with one attached hydrogen (secondary N) is 1. The number of phosphoric acid groups is 1. The number of nitrogens with zero attached hydrogens (tertiary/aromatic N) is 1. The van der Waals surface area contributed by atoms with Gasteiger partial charge < -0.3 is 28.5 Å². The molecule has 3 unspecified atom stereocenters. The normalized spacial score (nSPS) is 14.2. The first kappa shape index (κ1) is 82.7. The second-order valence-electron chi connectivity index (χ2n) is 25.0. The zero-order valence-corrected chi connectivity index (χ0v) is 57.6. The van der Waals surface area contributed by atoms with Crippen LogP contribution in [0.25, 0.3) is 0 Å². The minimum absolute atomic E-state index is 0.0283. The van der Waals surface area contributed by atoms with Gasteiger partial charge in [-0.1, -0.05) is 291 Å². The van der Waals surface area contributed by atoms with Crippen molar-refractivity contribution >= 4 is 19.7 Å². The Labute approximate surface area is 531 Å². The molecule has 0 aromatic heterocycles. The van der Waals surface area contributed by atoms with E-state index in [0.29, 0.717) is 17.4 Å². The van der Waals surface area contributed by atoms with Gasteiger partial charge in [-0.2, -0.15) is 0 Å². The number of phosphoric ester groups is 1. The summed E-state index contributed by atoms with van der Waals surface area (Å²) in [6.45, 7) is 6.71. The highest BCUT2D eigenvalue weighted by molar-refractivity contribution is 7.45. The molecule has 496 valence electrons. The van der Waals surface area contributed by atoms with Gasteiger partial charge in [-0.25, -0.2) is 0 Å². The topological polar surface area (TPSA) is 114 Å². The van der Waals surface area contributed by atoms with E-state index in [1.807, 2.05) is 33.3 Å². The molecule has 3 atom stereocenters. The van der Waals surface area contributed by atoms with Crippen molar-refractivity contribution in [3.8, 4) is 0 Å². The first-order chi connectivity index (χ1) is 41.9. The molecule has 9 nitrogen and oxygen atoms in total. The Morgan fingerprint density at radius 3 is 1.14 bits per heavy atom. The molecule has 0 bridgehead atoms. The summed E-state index contributed by atoms with van der Waals surface area (Å²) in [5, 5.41) is 3.04. The Bertz CT molecular complexity index is 1840. The van der Waals surface area contributed by atoms with Crippen LogP contribution in [0.3, 0.4) is 0 Å². The average molecular weight is 1220 g/mol. The number of hydrogen-bond acceptors (Lipinski definition) is 7. The summed E-state index contributed by atoms with van der Waals surface area (Å²) in [6.07, 6.45) is 89.2. The maximum absolute atomic E-state index is 13.6. The molecule has 86 heavy (non-hydrogen) atoms. The van der Waals surface area contributed by atoms with Gasteiger partial charge in [0.15, 0.2) is 0 Å². The van der Waals surface area contributed by atoms with Crippen LogP contribution >= 0.6 is 7.82 Å². The van der Waals surface area contributed by atoms with E-state index in [2.05, 4.69) is 123 Å². The van der Waals surface area contributed by atoms with Gasteiger partial charge in [-0.15, -0.1) is 0 Å². The highest BCUT2D eigenvalue weighted by Crippen LogP contribution is 2.38. The van der Waals surface area contributed by atoms with Crippen molar-refractivity contribution in [2.24, 2.45) is 0 Å². The number of likely N-dealkylation sites (N-methyl/N-ethyl adjacent to an activating group) is 1. The lowest BCUT2D eigenvalue weighted by molar-refractivity contribution is -0.870. The summed E-state index contributed by atoms with van der Waals surface area (Å²) in [7, 11) is 1.17. The van der Waals surface area contributed by atoms with Gasteiger partial charge in [0.1, 0.15) is 19.3 Å². The predicted molar refractivity (Wildman–Crippen MR) is 371 cm³/mol. The fourth-order valence-electron chi connectivity index (χ4n) is 9.97.